The quantitative estimate of drug-likeness (QED) is 0.611. The van der Waals surface area contributed by atoms with E-state index in [1.807, 2.05) is 0 Å². The van der Waals surface area contributed by atoms with Crippen LogP contribution < -0.4 is 4.74 Å². The third-order valence-electron chi connectivity index (χ3n) is 8.11. The van der Waals surface area contributed by atoms with Crippen molar-refractivity contribution < 1.29 is 14.3 Å². The van der Waals surface area contributed by atoms with Gasteiger partial charge in [0.05, 0.1) is 6.61 Å². The van der Waals surface area contributed by atoms with E-state index in [0.29, 0.717) is 36.2 Å². The first kappa shape index (κ1) is 19.8. The topological polar surface area (TPSA) is 43.4 Å². The summed E-state index contributed by atoms with van der Waals surface area (Å²) in [6, 6.07) is 8.49. The maximum atomic E-state index is 13.0. The van der Waals surface area contributed by atoms with Gasteiger partial charge < -0.3 is 4.74 Å². The molecule has 1 aromatic carbocycles. The van der Waals surface area contributed by atoms with Crippen LogP contribution in [0.3, 0.4) is 0 Å². The average molecular weight is 405 g/mol. The summed E-state index contributed by atoms with van der Waals surface area (Å²) in [5.74, 6) is 2.68. The molecule has 0 aliphatic heterocycles. The van der Waals surface area contributed by atoms with Crippen molar-refractivity contribution in [1.29, 1.82) is 0 Å². The number of carbonyl (C=O) groups is 2. The van der Waals surface area contributed by atoms with E-state index in [1.54, 1.807) is 0 Å². The van der Waals surface area contributed by atoms with Crippen LogP contribution in [0.4, 0.5) is 0 Å². The van der Waals surface area contributed by atoms with E-state index in [1.165, 1.54) is 27.9 Å². The van der Waals surface area contributed by atoms with Crippen LogP contribution in [0.1, 0.15) is 77.2 Å². The van der Waals surface area contributed by atoms with Crippen LogP contribution in [0.25, 0.3) is 5.57 Å². The van der Waals surface area contributed by atoms with E-state index in [9.17, 15) is 9.59 Å². The van der Waals surface area contributed by atoms with Crippen molar-refractivity contribution in [3.63, 3.8) is 0 Å². The van der Waals surface area contributed by atoms with Gasteiger partial charge >= 0.3 is 0 Å². The van der Waals surface area contributed by atoms with Gasteiger partial charge in [0.1, 0.15) is 17.3 Å². The molecule has 0 bridgehead atoms. The second-order valence-electron chi connectivity index (χ2n) is 9.87. The van der Waals surface area contributed by atoms with Crippen LogP contribution in [0.15, 0.2) is 41.0 Å². The Morgan fingerprint density at radius 1 is 1.00 bits per heavy atom. The highest BCUT2D eigenvalue weighted by Gasteiger charge is 2.54. The molecule has 4 aliphatic rings. The van der Waals surface area contributed by atoms with Crippen LogP contribution in [-0.2, 0) is 9.59 Å². The summed E-state index contributed by atoms with van der Waals surface area (Å²) in [7, 11) is 0. The number of allylic oxidation sites excluding steroid dienone is 4. The highest BCUT2D eigenvalue weighted by Crippen LogP contribution is 2.61. The molecule has 0 N–H and O–H groups in total. The monoisotopic (exact) mass is 404 g/mol. The molecule has 1 saturated carbocycles. The first-order valence-corrected chi connectivity index (χ1v) is 11.7. The fourth-order valence-corrected chi connectivity index (χ4v) is 6.61. The summed E-state index contributed by atoms with van der Waals surface area (Å²) < 4.78 is 5.79. The first-order chi connectivity index (χ1) is 14.5. The van der Waals surface area contributed by atoms with Crippen LogP contribution in [0, 0.1) is 17.3 Å². The molecule has 0 spiro atoms. The molecular weight excluding hydrogens is 372 g/mol. The lowest BCUT2D eigenvalue weighted by Gasteiger charge is -2.47. The second kappa shape index (κ2) is 7.51. The zero-order valence-electron chi connectivity index (χ0n) is 18.3. The number of rotatable bonds is 4. The van der Waals surface area contributed by atoms with Crippen molar-refractivity contribution in [1.82, 2.24) is 0 Å². The van der Waals surface area contributed by atoms with Crippen LogP contribution >= 0.6 is 0 Å². The van der Waals surface area contributed by atoms with E-state index in [4.69, 9.17) is 4.74 Å². The highest BCUT2D eigenvalue weighted by atomic mass is 16.5. The van der Waals surface area contributed by atoms with Crippen LogP contribution in [-0.4, -0.2) is 18.2 Å². The van der Waals surface area contributed by atoms with Crippen LogP contribution in [0.2, 0.25) is 0 Å². The molecule has 3 atom stereocenters. The third-order valence-corrected chi connectivity index (χ3v) is 8.11. The second-order valence-corrected chi connectivity index (χ2v) is 9.87. The summed E-state index contributed by atoms with van der Waals surface area (Å²) in [4.78, 5) is 25.1. The van der Waals surface area contributed by atoms with Crippen molar-refractivity contribution >= 4 is 17.1 Å². The molecule has 1 fully saturated rings. The minimum absolute atomic E-state index is 0.233. The Morgan fingerprint density at radius 2 is 1.80 bits per heavy atom. The number of ketones is 2. The van der Waals surface area contributed by atoms with Gasteiger partial charge in [0.2, 0.25) is 0 Å². The van der Waals surface area contributed by atoms with Gasteiger partial charge in [0.15, 0.2) is 0 Å². The fourth-order valence-electron chi connectivity index (χ4n) is 6.61. The number of Topliss-reactive ketones (excluding diaryl/α,β-unsaturated/α-hetero) is 2. The molecule has 3 nitrogen and oxygen atoms in total. The fraction of sp³-hybridized carbons (Fsp3) is 0.556. The first-order valence-electron chi connectivity index (χ1n) is 11.7. The predicted octanol–water partition coefficient (Wildman–Crippen LogP) is 6.08. The molecule has 2 unspecified atom stereocenters. The average Bonchev–Trinajstić information content (AvgIpc) is 3.06. The number of fused-ring (bicyclic) bond motifs is 4. The van der Waals surface area contributed by atoms with Crippen molar-refractivity contribution in [2.75, 3.05) is 6.61 Å². The summed E-state index contributed by atoms with van der Waals surface area (Å²) in [5.41, 5.74) is 6.70. The molecule has 30 heavy (non-hydrogen) atoms. The number of benzene rings is 1. The standard InChI is InChI=1S/C27H32O3/c1-3-14-30-20-8-4-17(5-9-20)23-16-27(2)24(12-13-25(27)29)22-10-6-18-15-19(28)7-11-21(18)26(22)23/h4-5,8-9,22,24H,3,6-7,10-16H2,1-2H3/t22?,24?,27-/m0/s1. The Labute approximate surface area is 179 Å². The molecule has 158 valence electrons. The van der Waals surface area contributed by atoms with E-state index in [-0.39, 0.29) is 5.41 Å². The van der Waals surface area contributed by atoms with Gasteiger partial charge in [-0.05, 0) is 84.8 Å². The molecule has 0 heterocycles. The van der Waals surface area contributed by atoms with Crippen molar-refractivity contribution in [2.24, 2.45) is 17.3 Å². The Hall–Kier alpha value is -2.16. The van der Waals surface area contributed by atoms with Gasteiger partial charge in [-0.2, -0.15) is 0 Å². The van der Waals surface area contributed by atoms with Crippen molar-refractivity contribution in [2.45, 2.75) is 71.6 Å². The molecule has 0 amide bonds. The molecule has 4 aliphatic carbocycles. The number of hydrogen-bond donors (Lipinski definition) is 0. The van der Waals surface area contributed by atoms with Gasteiger partial charge in [-0.25, -0.2) is 0 Å². The Kier molecular flexibility index (Phi) is 4.95. The summed E-state index contributed by atoms with van der Waals surface area (Å²) in [6.07, 6.45) is 7.92. The van der Waals surface area contributed by atoms with E-state index < -0.39 is 0 Å². The van der Waals surface area contributed by atoms with Gasteiger partial charge in [-0.3, -0.25) is 9.59 Å². The highest BCUT2D eigenvalue weighted by molar-refractivity contribution is 5.92. The lowest BCUT2D eigenvalue weighted by Crippen LogP contribution is -2.40. The molecule has 3 heteroatoms. The predicted molar refractivity (Wildman–Crippen MR) is 118 cm³/mol. The zero-order chi connectivity index (χ0) is 20.9. The minimum Gasteiger partial charge on any atom is -0.494 e. The maximum Gasteiger partial charge on any atom is 0.139 e. The largest absolute Gasteiger partial charge is 0.494 e. The van der Waals surface area contributed by atoms with Gasteiger partial charge in [-0.1, -0.05) is 31.6 Å². The van der Waals surface area contributed by atoms with E-state index in [0.717, 1.165) is 57.3 Å². The smallest absolute Gasteiger partial charge is 0.139 e. The Morgan fingerprint density at radius 3 is 2.57 bits per heavy atom. The van der Waals surface area contributed by atoms with Crippen molar-refractivity contribution in [3.05, 3.63) is 46.5 Å². The Bertz CT molecular complexity index is 949. The normalized spacial score (nSPS) is 30.9. The molecule has 1 aromatic rings. The van der Waals surface area contributed by atoms with Gasteiger partial charge in [0.25, 0.3) is 0 Å². The molecule has 5 rings (SSSR count). The van der Waals surface area contributed by atoms with Crippen molar-refractivity contribution in [3.8, 4) is 5.75 Å². The zero-order valence-corrected chi connectivity index (χ0v) is 18.3. The number of ether oxygens (including phenoxy) is 1. The minimum atomic E-state index is -0.233. The van der Waals surface area contributed by atoms with Gasteiger partial charge in [0, 0.05) is 24.7 Å². The summed E-state index contributed by atoms with van der Waals surface area (Å²) in [5, 5.41) is 0. The SMILES string of the molecule is CCCOc1ccc(C2=C3C4=C(CCC3C3CCC(=O)[C@@]3(C)C2)CC(=O)CC4)cc1. The molecule has 0 aromatic heterocycles. The molecule has 0 radical (unpaired) electrons. The summed E-state index contributed by atoms with van der Waals surface area (Å²) >= 11 is 0. The number of hydrogen-bond acceptors (Lipinski definition) is 3. The summed E-state index contributed by atoms with van der Waals surface area (Å²) in [6.45, 7) is 5.06. The van der Waals surface area contributed by atoms with E-state index in [2.05, 4.69) is 38.1 Å². The van der Waals surface area contributed by atoms with Crippen LogP contribution in [0.5, 0.6) is 5.75 Å². The lowest BCUT2D eigenvalue weighted by molar-refractivity contribution is -0.126. The number of carbonyl (C=O) groups excluding carboxylic acids is 2. The third kappa shape index (κ3) is 3.09. The van der Waals surface area contributed by atoms with Gasteiger partial charge in [-0.15, -0.1) is 0 Å². The van der Waals surface area contributed by atoms with E-state index >= 15 is 0 Å². The molecular formula is C27H32O3. The Balaban J connectivity index is 1.62. The lowest BCUT2D eigenvalue weighted by atomic mass is 9.56. The molecule has 0 saturated heterocycles. The maximum absolute atomic E-state index is 13.0.